The predicted octanol–water partition coefficient (Wildman–Crippen LogP) is 3.81. The standard InChI is InChI=1S/C37H46N6O7/c1-3-4-13-30(35(48)41-29(34(38)47)21-22-33(45)46)42-36(49)31(20-17-25-11-6-5-7-12-25)40-32(44)23-26-15-18-27(19-16-26)39-37(50)43-28-14-9-8-10-24(28)2/h5-12,14-16,18-19,29-31H,3-4,13,17,20-23H2,1-2H3,(H2,38,47)(H,40,44)(H,41,48)(H,42,49)(H,45,46)(H2,39,43,50)/t29-,30-,31-/m0/s1. The van der Waals surface area contributed by atoms with Crippen LogP contribution >= 0.6 is 0 Å². The van der Waals surface area contributed by atoms with E-state index in [4.69, 9.17) is 10.8 Å². The SMILES string of the molecule is CCCC[C@H](NC(=O)[C@H](CCc1ccccc1)NC(=O)Cc1ccc(NC(=O)Nc2ccccc2C)cc1)C(=O)N[C@@H](CCC(=O)O)C(N)=O. The number of para-hydroxylation sites is 1. The quantitative estimate of drug-likeness (QED) is 0.0991. The maximum Gasteiger partial charge on any atom is 0.323 e. The third kappa shape index (κ3) is 13.4. The molecule has 0 aromatic heterocycles. The van der Waals surface area contributed by atoms with Crippen molar-refractivity contribution in [2.24, 2.45) is 5.73 Å². The zero-order valence-electron chi connectivity index (χ0n) is 28.4. The van der Waals surface area contributed by atoms with Crippen molar-refractivity contribution in [1.82, 2.24) is 16.0 Å². The molecule has 3 rings (SSSR count). The van der Waals surface area contributed by atoms with Gasteiger partial charge in [0.05, 0.1) is 6.42 Å². The first-order valence-corrected chi connectivity index (χ1v) is 16.6. The van der Waals surface area contributed by atoms with E-state index >= 15 is 0 Å². The number of rotatable bonds is 19. The summed E-state index contributed by atoms with van der Waals surface area (Å²) >= 11 is 0. The van der Waals surface area contributed by atoms with Gasteiger partial charge in [0.15, 0.2) is 0 Å². The molecule has 3 aromatic rings. The average Bonchev–Trinajstić information content (AvgIpc) is 3.08. The normalized spacial score (nSPS) is 12.4. The lowest BCUT2D eigenvalue weighted by molar-refractivity contribution is -0.138. The van der Waals surface area contributed by atoms with Crippen LogP contribution < -0.4 is 32.3 Å². The maximum absolute atomic E-state index is 13.6. The number of anilines is 2. The van der Waals surface area contributed by atoms with Crippen LogP contribution in [0.25, 0.3) is 0 Å². The smallest absolute Gasteiger partial charge is 0.323 e. The molecule has 6 amide bonds. The van der Waals surface area contributed by atoms with Crippen LogP contribution in [0, 0.1) is 6.92 Å². The van der Waals surface area contributed by atoms with Gasteiger partial charge in [-0.2, -0.15) is 0 Å². The van der Waals surface area contributed by atoms with Crippen molar-refractivity contribution in [3.63, 3.8) is 0 Å². The third-order valence-electron chi connectivity index (χ3n) is 7.97. The average molecular weight is 687 g/mol. The highest BCUT2D eigenvalue weighted by Crippen LogP contribution is 2.15. The molecule has 50 heavy (non-hydrogen) atoms. The van der Waals surface area contributed by atoms with Crippen LogP contribution in [0.5, 0.6) is 0 Å². The molecule has 0 radical (unpaired) electrons. The number of nitrogens with two attached hydrogens (primary N) is 1. The first-order valence-electron chi connectivity index (χ1n) is 16.6. The first-order chi connectivity index (χ1) is 23.9. The lowest BCUT2D eigenvalue weighted by Gasteiger charge is -2.25. The Bertz CT molecular complexity index is 1610. The van der Waals surface area contributed by atoms with Crippen LogP contribution in [0.4, 0.5) is 16.2 Å². The van der Waals surface area contributed by atoms with Gasteiger partial charge in [-0.05, 0) is 67.5 Å². The zero-order valence-corrected chi connectivity index (χ0v) is 28.4. The van der Waals surface area contributed by atoms with Gasteiger partial charge in [0.25, 0.3) is 0 Å². The third-order valence-corrected chi connectivity index (χ3v) is 7.97. The Morgan fingerprint density at radius 2 is 1.32 bits per heavy atom. The van der Waals surface area contributed by atoms with Crippen molar-refractivity contribution >= 4 is 47.0 Å². The number of hydrogen-bond acceptors (Lipinski definition) is 6. The minimum absolute atomic E-state index is 0.0472. The Morgan fingerprint density at radius 3 is 1.94 bits per heavy atom. The van der Waals surface area contributed by atoms with Gasteiger partial charge in [0, 0.05) is 17.8 Å². The van der Waals surface area contributed by atoms with Crippen LogP contribution in [0.3, 0.4) is 0 Å². The summed E-state index contributed by atoms with van der Waals surface area (Å²) in [4.78, 5) is 75.5. The molecule has 0 spiro atoms. The van der Waals surface area contributed by atoms with E-state index in [2.05, 4.69) is 26.6 Å². The molecular weight excluding hydrogens is 640 g/mol. The van der Waals surface area contributed by atoms with Gasteiger partial charge in [-0.15, -0.1) is 0 Å². The van der Waals surface area contributed by atoms with Gasteiger partial charge in [-0.3, -0.25) is 24.0 Å². The number of carbonyl (C=O) groups excluding carboxylic acids is 5. The number of carbonyl (C=O) groups is 6. The molecule has 8 N–H and O–H groups in total. The summed E-state index contributed by atoms with van der Waals surface area (Å²) in [5, 5.41) is 22.6. The summed E-state index contributed by atoms with van der Waals surface area (Å²) < 4.78 is 0. The number of primary amides is 1. The highest BCUT2D eigenvalue weighted by molar-refractivity contribution is 6.00. The Labute approximate surface area is 291 Å². The fraction of sp³-hybridized carbons (Fsp3) is 0.351. The molecule has 0 saturated carbocycles. The van der Waals surface area contributed by atoms with Crippen LogP contribution in [0.1, 0.15) is 62.1 Å². The molecule has 266 valence electrons. The van der Waals surface area contributed by atoms with Crippen molar-refractivity contribution in [1.29, 1.82) is 0 Å². The largest absolute Gasteiger partial charge is 0.481 e. The minimum Gasteiger partial charge on any atom is -0.481 e. The van der Waals surface area contributed by atoms with E-state index in [1.807, 2.05) is 62.4 Å². The van der Waals surface area contributed by atoms with Gasteiger partial charge in [0.1, 0.15) is 18.1 Å². The molecule has 13 nitrogen and oxygen atoms in total. The molecule has 0 saturated heterocycles. The summed E-state index contributed by atoms with van der Waals surface area (Å²) in [6, 6.07) is 19.9. The second-order valence-corrected chi connectivity index (χ2v) is 12.0. The van der Waals surface area contributed by atoms with E-state index in [1.54, 1.807) is 30.3 Å². The number of urea groups is 1. The van der Waals surface area contributed by atoms with E-state index in [0.29, 0.717) is 29.8 Å². The number of hydrogen-bond donors (Lipinski definition) is 7. The lowest BCUT2D eigenvalue weighted by Crippen LogP contribution is -2.56. The number of aryl methyl sites for hydroxylation is 2. The number of unbranched alkanes of at least 4 members (excludes halogenated alkanes) is 1. The van der Waals surface area contributed by atoms with Crippen LogP contribution in [-0.4, -0.2) is 58.9 Å². The fourth-order valence-corrected chi connectivity index (χ4v) is 5.13. The fourth-order valence-electron chi connectivity index (χ4n) is 5.13. The van der Waals surface area contributed by atoms with E-state index in [9.17, 15) is 28.8 Å². The van der Waals surface area contributed by atoms with Crippen molar-refractivity contribution < 1.29 is 33.9 Å². The molecular formula is C37H46N6O7. The summed E-state index contributed by atoms with van der Waals surface area (Å²) in [6.07, 6.45) is 1.63. The highest BCUT2D eigenvalue weighted by atomic mass is 16.4. The molecule has 13 heteroatoms. The number of benzene rings is 3. The highest BCUT2D eigenvalue weighted by Gasteiger charge is 2.29. The monoisotopic (exact) mass is 686 g/mol. The molecule has 0 heterocycles. The van der Waals surface area contributed by atoms with Crippen LogP contribution in [-0.2, 0) is 36.8 Å². The van der Waals surface area contributed by atoms with Gasteiger partial charge >= 0.3 is 12.0 Å². The zero-order chi connectivity index (χ0) is 36.5. The topological polar surface area (TPSA) is 209 Å². The number of nitrogens with one attached hydrogen (secondary N) is 5. The number of amides is 6. The van der Waals surface area contributed by atoms with E-state index < -0.39 is 53.8 Å². The Morgan fingerprint density at radius 1 is 0.700 bits per heavy atom. The van der Waals surface area contributed by atoms with Crippen molar-refractivity contribution in [2.75, 3.05) is 10.6 Å². The van der Waals surface area contributed by atoms with Crippen molar-refractivity contribution in [2.45, 2.75) is 83.3 Å². The van der Waals surface area contributed by atoms with Gasteiger partial charge < -0.3 is 37.4 Å². The molecule has 0 aliphatic rings. The maximum atomic E-state index is 13.6. The molecule has 0 aliphatic heterocycles. The summed E-state index contributed by atoms with van der Waals surface area (Å²) in [5.41, 5.74) is 9.13. The molecule has 3 aromatic carbocycles. The van der Waals surface area contributed by atoms with E-state index in [-0.39, 0.29) is 32.1 Å². The number of carboxylic acids is 1. The molecule has 3 atom stereocenters. The van der Waals surface area contributed by atoms with Crippen molar-refractivity contribution in [3.8, 4) is 0 Å². The minimum atomic E-state index is -1.22. The molecule has 0 aliphatic carbocycles. The molecule has 0 bridgehead atoms. The molecule has 0 unspecified atom stereocenters. The summed E-state index contributed by atoms with van der Waals surface area (Å²) in [6.45, 7) is 3.81. The number of carboxylic acid groups (broad SMARTS) is 1. The van der Waals surface area contributed by atoms with Crippen LogP contribution in [0.15, 0.2) is 78.9 Å². The van der Waals surface area contributed by atoms with E-state index in [0.717, 1.165) is 17.5 Å². The second-order valence-electron chi connectivity index (χ2n) is 12.0. The van der Waals surface area contributed by atoms with Crippen molar-refractivity contribution in [3.05, 3.63) is 95.6 Å². The summed E-state index contributed by atoms with van der Waals surface area (Å²) in [5.74, 6) is -3.70. The molecule has 0 fully saturated rings. The first kappa shape index (κ1) is 38.7. The Balaban J connectivity index is 1.67. The summed E-state index contributed by atoms with van der Waals surface area (Å²) in [7, 11) is 0. The van der Waals surface area contributed by atoms with Gasteiger partial charge in [-0.1, -0.05) is 80.4 Å². The predicted molar refractivity (Wildman–Crippen MR) is 190 cm³/mol. The Hall–Kier alpha value is -5.72. The van der Waals surface area contributed by atoms with Gasteiger partial charge in [0.2, 0.25) is 23.6 Å². The second kappa shape index (κ2) is 19.9. The Kier molecular flexibility index (Phi) is 15.4. The van der Waals surface area contributed by atoms with Crippen LogP contribution in [0.2, 0.25) is 0 Å². The lowest BCUT2D eigenvalue weighted by atomic mass is 10.0. The number of aliphatic carboxylic acids is 1. The van der Waals surface area contributed by atoms with E-state index in [1.165, 1.54) is 0 Å². The van der Waals surface area contributed by atoms with Gasteiger partial charge in [-0.25, -0.2) is 4.79 Å².